The molecule has 2 aliphatic carbocycles. The first kappa shape index (κ1) is 21.2. The van der Waals surface area contributed by atoms with Gasteiger partial charge in [-0.2, -0.15) is 8.42 Å². The maximum Gasteiger partial charge on any atom is 0.333 e. The Labute approximate surface area is 180 Å². The molecule has 2 aromatic rings. The second-order valence-corrected chi connectivity index (χ2v) is 10.5. The molecule has 0 spiro atoms. The van der Waals surface area contributed by atoms with E-state index in [0.717, 1.165) is 65.8 Å². The number of aliphatic hydroxyl groups is 1. The molecule has 1 aromatic carbocycles. The Bertz CT molecular complexity index is 1110. The number of nitrogens with one attached hydrogen (secondary N) is 2. The second kappa shape index (κ2) is 7.28. The van der Waals surface area contributed by atoms with Gasteiger partial charge in [0.1, 0.15) is 5.76 Å². The summed E-state index contributed by atoms with van der Waals surface area (Å²) in [4.78, 5) is 12.6. The van der Waals surface area contributed by atoms with Crippen LogP contribution in [-0.4, -0.2) is 19.6 Å². The van der Waals surface area contributed by atoms with Gasteiger partial charge in [0.2, 0.25) is 5.09 Å². The van der Waals surface area contributed by atoms with Crippen LogP contribution >= 0.6 is 11.6 Å². The van der Waals surface area contributed by atoms with Gasteiger partial charge in [0.25, 0.3) is 10.0 Å². The molecule has 9 heteroatoms. The number of sulfonamides is 1. The zero-order chi connectivity index (χ0) is 21.8. The van der Waals surface area contributed by atoms with Crippen LogP contribution in [0.2, 0.25) is 5.02 Å². The van der Waals surface area contributed by atoms with Crippen molar-refractivity contribution in [2.24, 2.45) is 0 Å². The number of hydrogen-bond acceptors (Lipinski definition) is 5. The molecule has 30 heavy (non-hydrogen) atoms. The number of carbonyl (C=O) groups excluding carboxylic acids is 1. The second-order valence-electron chi connectivity index (χ2n) is 8.46. The lowest BCUT2D eigenvalue weighted by Gasteiger charge is -2.18. The Morgan fingerprint density at radius 2 is 1.63 bits per heavy atom. The highest BCUT2D eigenvalue weighted by molar-refractivity contribution is 7.89. The van der Waals surface area contributed by atoms with Crippen LogP contribution in [0.4, 0.5) is 10.5 Å². The Morgan fingerprint density at radius 1 is 1.10 bits per heavy atom. The average molecular weight is 453 g/mol. The summed E-state index contributed by atoms with van der Waals surface area (Å²) in [6, 6.07) is 0.391. The highest BCUT2D eigenvalue weighted by Crippen LogP contribution is 2.44. The minimum atomic E-state index is -4.24. The number of amides is 2. The van der Waals surface area contributed by atoms with Crippen LogP contribution in [0.25, 0.3) is 0 Å². The SMILES string of the molecule is Cc1oc(S(=O)(=O)NC(=O)Nc2c3c(c(Cl)c4c2CCC4)CCC3)cc1C(C)(C)O. The molecule has 0 bridgehead atoms. The van der Waals surface area contributed by atoms with Crippen molar-refractivity contribution in [2.75, 3.05) is 5.32 Å². The number of halogens is 1. The first-order valence-corrected chi connectivity index (χ1v) is 11.9. The Morgan fingerprint density at radius 3 is 2.13 bits per heavy atom. The van der Waals surface area contributed by atoms with E-state index in [1.807, 2.05) is 4.72 Å². The number of urea groups is 1. The monoisotopic (exact) mass is 452 g/mol. The minimum Gasteiger partial charge on any atom is -0.448 e. The summed E-state index contributed by atoms with van der Waals surface area (Å²) in [5, 5.41) is 13.3. The molecular weight excluding hydrogens is 428 g/mol. The van der Waals surface area contributed by atoms with Crippen molar-refractivity contribution >= 4 is 33.3 Å². The van der Waals surface area contributed by atoms with Gasteiger partial charge in [-0.1, -0.05) is 11.6 Å². The summed E-state index contributed by atoms with van der Waals surface area (Å²) >= 11 is 6.59. The van der Waals surface area contributed by atoms with E-state index in [9.17, 15) is 18.3 Å². The average Bonchev–Trinajstić information content (AvgIpc) is 3.36. The fraction of sp³-hybridized carbons (Fsp3) is 0.476. The largest absolute Gasteiger partial charge is 0.448 e. The molecule has 0 unspecified atom stereocenters. The van der Waals surface area contributed by atoms with Gasteiger partial charge < -0.3 is 14.8 Å². The number of aryl methyl sites for hydroxylation is 1. The molecule has 2 aliphatic rings. The van der Waals surface area contributed by atoms with Crippen molar-refractivity contribution in [1.29, 1.82) is 0 Å². The van der Waals surface area contributed by atoms with Crippen LogP contribution in [0.1, 0.15) is 60.3 Å². The molecule has 1 heterocycles. The van der Waals surface area contributed by atoms with Crippen molar-refractivity contribution in [2.45, 2.75) is 70.0 Å². The Hall–Kier alpha value is -2.03. The number of hydrogen-bond donors (Lipinski definition) is 3. The van der Waals surface area contributed by atoms with Crippen molar-refractivity contribution in [3.05, 3.63) is 44.7 Å². The molecule has 162 valence electrons. The number of carbonyl (C=O) groups is 1. The van der Waals surface area contributed by atoms with Crippen molar-refractivity contribution < 1.29 is 22.7 Å². The Balaban J connectivity index is 1.61. The molecule has 3 N–H and O–H groups in total. The van der Waals surface area contributed by atoms with Gasteiger partial charge in [-0.25, -0.2) is 9.52 Å². The zero-order valence-corrected chi connectivity index (χ0v) is 18.8. The van der Waals surface area contributed by atoms with E-state index in [4.69, 9.17) is 16.0 Å². The summed E-state index contributed by atoms with van der Waals surface area (Å²) in [5.74, 6) is 0.275. The molecule has 1 aromatic heterocycles. The van der Waals surface area contributed by atoms with Crippen LogP contribution in [0.5, 0.6) is 0 Å². The summed E-state index contributed by atoms with van der Waals surface area (Å²) in [6.07, 6.45) is 5.24. The van der Waals surface area contributed by atoms with E-state index in [0.29, 0.717) is 11.3 Å². The van der Waals surface area contributed by atoms with Gasteiger partial charge >= 0.3 is 6.03 Å². The van der Waals surface area contributed by atoms with Crippen LogP contribution in [0.3, 0.4) is 0 Å². The first-order chi connectivity index (χ1) is 14.0. The van der Waals surface area contributed by atoms with Gasteiger partial charge in [-0.3, -0.25) is 0 Å². The summed E-state index contributed by atoms with van der Waals surface area (Å²) in [6.45, 7) is 4.62. The smallest absolute Gasteiger partial charge is 0.333 e. The van der Waals surface area contributed by atoms with E-state index in [2.05, 4.69) is 5.32 Å². The van der Waals surface area contributed by atoms with Gasteiger partial charge in [-0.05, 0) is 81.5 Å². The standard InChI is InChI=1S/C21H25ClN2O5S/c1-11-16(21(2,3)26)10-17(29-11)30(27,28)24-20(25)23-19-14-8-4-6-12(14)18(22)13-7-5-9-15(13)19/h10,26H,4-9H2,1-3H3,(H2,23,24,25). The lowest BCUT2D eigenvalue weighted by atomic mass is 9.98. The van der Waals surface area contributed by atoms with Gasteiger partial charge in [-0.15, -0.1) is 0 Å². The predicted molar refractivity (Wildman–Crippen MR) is 114 cm³/mol. The molecule has 0 saturated carbocycles. The maximum atomic E-state index is 12.7. The third kappa shape index (κ3) is 3.61. The van der Waals surface area contributed by atoms with Crippen LogP contribution in [-0.2, 0) is 41.3 Å². The zero-order valence-electron chi connectivity index (χ0n) is 17.2. The van der Waals surface area contributed by atoms with E-state index in [1.54, 1.807) is 6.92 Å². The lowest BCUT2D eigenvalue weighted by Crippen LogP contribution is -2.34. The van der Waals surface area contributed by atoms with Crippen LogP contribution in [0.15, 0.2) is 15.6 Å². The first-order valence-electron chi connectivity index (χ1n) is 10.0. The molecule has 0 fully saturated rings. The molecule has 4 rings (SSSR count). The molecule has 7 nitrogen and oxygen atoms in total. The van der Waals surface area contributed by atoms with E-state index in [-0.39, 0.29) is 5.76 Å². The van der Waals surface area contributed by atoms with Gasteiger partial charge in [0.05, 0.1) is 5.60 Å². The molecule has 2 amide bonds. The quantitative estimate of drug-likeness (QED) is 0.650. The number of fused-ring (bicyclic) bond motifs is 2. The molecule has 0 aliphatic heterocycles. The highest BCUT2D eigenvalue weighted by atomic mass is 35.5. The molecular formula is C21H25ClN2O5S. The van der Waals surface area contributed by atoms with E-state index in [1.165, 1.54) is 19.9 Å². The lowest BCUT2D eigenvalue weighted by molar-refractivity contribution is 0.0769. The van der Waals surface area contributed by atoms with Crippen molar-refractivity contribution in [3.63, 3.8) is 0 Å². The number of furan rings is 1. The van der Waals surface area contributed by atoms with Gasteiger partial charge in [0, 0.05) is 22.3 Å². The molecule has 0 radical (unpaired) electrons. The Kier molecular flexibility index (Phi) is 5.15. The maximum absolute atomic E-state index is 12.7. The minimum absolute atomic E-state index is 0.275. The summed E-state index contributed by atoms with van der Waals surface area (Å²) in [5.41, 5.74) is 3.90. The fourth-order valence-corrected chi connectivity index (χ4v) is 5.87. The molecule has 0 saturated heterocycles. The normalized spacial score (nSPS) is 15.8. The predicted octanol–water partition coefficient (Wildman–Crippen LogP) is 3.96. The van der Waals surface area contributed by atoms with Crippen molar-refractivity contribution in [1.82, 2.24) is 4.72 Å². The van der Waals surface area contributed by atoms with Crippen LogP contribution < -0.4 is 10.0 Å². The third-order valence-electron chi connectivity index (χ3n) is 5.85. The van der Waals surface area contributed by atoms with Gasteiger partial charge in [0.15, 0.2) is 0 Å². The topological polar surface area (TPSA) is 109 Å². The fourth-order valence-electron chi connectivity index (χ4n) is 4.54. The highest BCUT2D eigenvalue weighted by Gasteiger charge is 2.31. The summed E-state index contributed by atoms with van der Waals surface area (Å²) in [7, 11) is -4.24. The number of anilines is 1. The number of rotatable bonds is 4. The summed E-state index contributed by atoms with van der Waals surface area (Å²) < 4.78 is 32.7. The number of benzene rings is 1. The molecule has 0 atom stereocenters. The van der Waals surface area contributed by atoms with E-state index < -0.39 is 26.7 Å². The van der Waals surface area contributed by atoms with Crippen LogP contribution in [0, 0.1) is 6.92 Å². The van der Waals surface area contributed by atoms with Crippen molar-refractivity contribution in [3.8, 4) is 0 Å². The van der Waals surface area contributed by atoms with E-state index >= 15 is 0 Å². The third-order valence-corrected chi connectivity index (χ3v) is 7.50.